The topological polar surface area (TPSA) is 33.7 Å². The number of hydrogen-bond acceptors (Lipinski definition) is 4. The third-order valence-electron chi connectivity index (χ3n) is 3.13. The second-order valence-electron chi connectivity index (χ2n) is 4.52. The number of ether oxygens (including phenoxy) is 2. The first-order chi connectivity index (χ1) is 9.72. The van der Waals surface area contributed by atoms with E-state index in [4.69, 9.17) is 9.47 Å². The summed E-state index contributed by atoms with van der Waals surface area (Å²) in [6.45, 7) is 7.19. The fraction of sp³-hybridized carbons (Fsp3) is 0.600. The van der Waals surface area contributed by atoms with E-state index in [1.54, 1.807) is 14.2 Å². The molecule has 4 nitrogen and oxygen atoms in total. The van der Waals surface area contributed by atoms with E-state index in [0.717, 1.165) is 43.9 Å². The molecule has 114 valence electrons. The van der Waals surface area contributed by atoms with Crippen LogP contribution in [-0.4, -0.2) is 47.1 Å². The van der Waals surface area contributed by atoms with Crippen molar-refractivity contribution in [1.29, 1.82) is 0 Å². The first-order valence-corrected chi connectivity index (χ1v) is 7.74. The molecular weight excluding hydrogens is 320 g/mol. The molecule has 0 unspecified atom stereocenters. The molecule has 20 heavy (non-hydrogen) atoms. The van der Waals surface area contributed by atoms with Gasteiger partial charge in [0.2, 0.25) is 0 Å². The Kier molecular flexibility index (Phi) is 8.85. The van der Waals surface area contributed by atoms with Crippen LogP contribution in [0.1, 0.15) is 12.5 Å². The summed E-state index contributed by atoms with van der Waals surface area (Å²) in [7, 11) is 3.46. The highest BCUT2D eigenvalue weighted by Crippen LogP contribution is 2.25. The average molecular weight is 345 g/mol. The van der Waals surface area contributed by atoms with Crippen molar-refractivity contribution < 1.29 is 9.47 Å². The van der Waals surface area contributed by atoms with Crippen LogP contribution in [-0.2, 0) is 16.0 Å². The van der Waals surface area contributed by atoms with E-state index < -0.39 is 0 Å². The van der Waals surface area contributed by atoms with Crippen molar-refractivity contribution in [3.63, 3.8) is 0 Å². The molecule has 0 bridgehead atoms. The Morgan fingerprint density at radius 2 is 1.95 bits per heavy atom. The van der Waals surface area contributed by atoms with E-state index in [9.17, 15) is 0 Å². The molecule has 1 rings (SSSR count). The van der Waals surface area contributed by atoms with Crippen molar-refractivity contribution in [3.8, 4) is 0 Å². The smallest absolute Gasteiger partial charge is 0.0637 e. The minimum Gasteiger partial charge on any atom is -0.383 e. The molecule has 0 fully saturated rings. The summed E-state index contributed by atoms with van der Waals surface area (Å²) in [5.41, 5.74) is 2.55. The molecule has 0 radical (unpaired) electrons. The van der Waals surface area contributed by atoms with Gasteiger partial charge in [-0.15, -0.1) is 0 Å². The number of halogens is 1. The van der Waals surface area contributed by atoms with Crippen LogP contribution in [0.4, 0.5) is 5.69 Å². The van der Waals surface area contributed by atoms with Crippen LogP contribution in [0.3, 0.4) is 0 Å². The van der Waals surface area contributed by atoms with Crippen molar-refractivity contribution >= 4 is 21.6 Å². The van der Waals surface area contributed by atoms with Crippen LogP contribution in [0.25, 0.3) is 0 Å². The number of benzene rings is 1. The van der Waals surface area contributed by atoms with Gasteiger partial charge in [0, 0.05) is 50.6 Å². The standard InChI is InChI=1S/C15H25BrN2O2/c1-4-18(8-10-20-3)15-11-14(16)6-5-13(15)12-17-7-9-19-2/h5-6,11,17H,4,7-10,12H2,1-3H3. The second-order valence-corrected chi connectivity index (χ2v) is 5.43. The van der Waals surface area contributed by atoms with Gasteiger partial charge in [-0.25, -0.2) is 0 Å². The summed E-state index contributed by atoms with van der Waals surface area (Å²) in [4.78, 5) is 2.33. The third kappa shape index (κ3) is 5.79. The first-order valence-electron chi connectivity index (χ1n) is 6.94. The highest BCUT2D eigenvalue weighted by Gasteiger charge is 2.10. The summed E-state index contributed by atoms with van der Waals surface area (Å²) < 4.78 is 11.3. The zero-order valence-corrected chi connectivity index (χ0v) is 14.2. The van der Waals surface area contributed by atoms with Crippen LogP contribution in [0.5, 0.6) is 0 Å². The lowest BCUT2D eigenvalue weighted by atomic mass is 10.1. The molecule has 0 amide bonds. The lowest BCUT2D eigenvalue weighted by molar-refractivity contribution is 0.199. The van der Waals surface area contributed by atoms with E-state index in [2.05, 4.69) is 51.3 Å². The van der Waals surface area contributed by atoms with Gasteiger partial charge in [0.15, 0.2) is 0 Å². The second kappa shape index (κ2) is 10.2. The van der Waals surface area contributed by atoms with Gasteiger partial charge in [-0.2, -0.15) is 0 Å². The van der Waals surface area contributed by atoms with Crippen LogP contribution >= 0.6 is 15.9 Å². The maximum atomic E-state index is 5.19. The molecular formula is C15H25BrN2O2. The predicted octanol–water partition coefficient (Wildman–Crippen LogP) is 2.66. The fourth-order valence-electron chi connectivity index (χ4n) is 2.03. The van der Waals surface area contributed by atoms with Gasteiger partial charge in [-0.3, -0.25) is 0 Å². The third-order valence-corrected chi connectivity index (χ3v) is 3.63. The SMILES string of the molecule is CCN(CCOC)c1cc(Br)ccc1CNCCOC. The predicted molar refractivity (Wildman–Crippen MR) is 87.5 cm³/mol. The van der Waals surface area contributed by atoms with Gasteiger partial charge in [-0.05, 0) is 24.6 Å². The van der Waals surface area contributed by atoms with E-state index >= 15 is 0 Å². The number of methoxy groups -OCH3 is 2. The summed E-state index contributed by atoms with van der Waals surface area (Å²) in [5, 5.41) is 3.40. The molecule has 1 aromatic carbocycles. The van der Waals surface area contributed by atoms with Crippen molar-refractivity contribution in [2.24, 2.45) is 0 Å². The maximum absolute atomic E-state index is 5.19. The minimum atomic E-state index is 0.729. The Hall–Kier alpha value is -0.620. The molecule has 1 N–H and O–H groups in total. The molecule has 0 atom stereocenters. The molecule has 0 aliphatic heterocycles. The summed E-state index contributed by atoms with van der Waals surface area (Å²) >= 11 is 3.56. The van der Waals surface area contributed by atoms with Gasteiger partial charge < -0.3 is 19.7 Å². The quantitative estimate of drug-likeness (QED) is 0.661. The summed E-state index contributed by atoms with van der Waals surface area (Å²) in [6, 6.07) is 6.42. The van der Waals surface area contributed by atoms with Crippen LogP contribution in [0.2, 0.25) is 0 Å². The van der Waals surface area contributed by atoms with Crippen molar-refractivity contribution in [2.45, 2.75) is 13.5 Å². The number of nitrogens with zero attached hydrogens (tertiary/aromatic N) is 1. The fourth-order valence-corrected chi connectivity index (χ4v) is 2.38. The Morgan fingerprint density at radius 3 is 2.60 bits per heavy atom. The number of rotatable bonds is 10. The van der Waals surface area contributed by atoms with Crippen molar-refractivity contribution in [3.05, 3.63) is 28.2 Å². The van der Waals surface area contributed by atoms with Gasteiger partial charge >= 0.3 is 0 Å². The Labute approximate surface area is 130 Å². The maximum Gasteiger partial charge on any atom is 0.0637 e. The number of likely N-dealkylation sites (N-methyl/N-ethyl adjacent to an activating group) is 1. The highest BCUT2D eigenvalue weighted by atomic mass is 79.9. The van der Waals surface area contributed by atoms with Crippen LogP contribution < -0.4 is 10.2 Å². The normalized spacial score (nSPS) is 10.8. The number of anilines is 1. The van der Waals surface area contributed by atoms with Crippen molar-refractivity contribution in [1.82, 2.24) is 5.32 Å². The Bertz CT molecular complexity index is 388. The van der Waals surface area contributed by atoms with Crippen LogP contribution in [0.15, 0.2) is 22.7 Å². The first kappa shape index (κ1) is 17.4. The number of nitrogens with one attached hydrogen (secondary N) is 1. The molecule has 0 heterocycles. The van der Waals surface area contributed by atoms with Crippen LogP contribution in [0, 0.1) is 0 Å². The zero-order valence-electron chi connectivity index (χ0n) is 12.6. The number of hydrogen-bond donors (Lipinski definition) is 1. The van der Waals surface area contributed by atoms with E-state index in [0.29, 0.717) is 0 Å². The molecule has 0 aliphatic rings. The lowest BCUT2D eigenvalue weighted by Crippen LogP contribution is -2.29. The molecule has 5 heteroatoms. The molecule has 0 aliphatic carbocycles. The monoisotopic (exact) mass is 344 g/mol. The lowest BCUT2D eigenvalue weighted by Gasteiger charge is -2.26. The van der Waals surface area contributed by atoms with Gasteiger partial charge in [-0.1, -0.05) is 22.0 Å². The molecule has 0 saturated heterocycles. The largest absolute Gasteiger partial charge is 0.383 e. The Balaban J connectivity index is 2.76. The zero-order chi connectivity index (χ0) is 14.8. The molecule has 0 aromatic heterocycles. The van der Waals surface area contributed by atoms with Gasteiger partial charge in [0.25, 0.3) is 0 Å². The summed E-state index contributed by atoms with van der Waals surface area (Å²) in [5.74, 6) is 0. The van der Waals surface area contributed by atoms with Crippen molar-refractivity contribution in [2.75, 3.05) is 52.0 Å². The summed E-state index contributed by atoms with van der Waals surface area (Å²) in [6.07, 6.45) is 0. The van der Waals surface area contributed by atoms with E-state index in [1.165, 1.54) is 11.3 Å². The highest BCUT2D eigenvalue weighted by molar-refractivity contribution is 9.10. The van der Waals surface area contributed by atoms with E-state index in [-0.39, 0.29) is 0 Å². The van der Waals surface area contributed by atoms with E-state index in [1.807, 2.05) is 0 Å². The Morgan fingerprint density at radius 1 is 1.20 bits per heavy atom. The van der Waals surface area contributed by atoms with Gasteiger partial charge in [0.05, 0.1) is 13.2 Å². The molecule has 0 spiro atoms. The van der Waals surface area contributed by atoms with Gasteiger partial charge in [0.1, 0.15) is 0 Å². The molecule has 0 saturated carbocycles. The average Bonchev–Trinajstić information content (AvgIpc) is 2.46. The minimum absolute atomic E-state index is 0.729. The molecule has 1 aromatic rings.